The van der Waals surface area contributed by atoms with Gasteiger partial charge in [-0.15, -0.1) is 0 Å². The Labute approximate surface area is 117 Å². The Morgan fingerprint density at radius 2 is 1.95 bits per heavy atom. The van der Waals surface area contributed by atoms with E-state index in [9.17, 15) is 5.11 Å². The van der Waals surface area contributed by atoms with Crippen molar-refractivity contribution in [3.63, 3.8) is 0 Å². The highest BCUT2D eigenvalue weighted by atomic mass is 16.5. The van der Waals surface area contributed by atoms with Crippen LogP contribution in [0.2, 0.25) is 0 Å². The Bertz CT molecular complexity index is 390. The quantitative estimate of drug-likeness (QED) is 0.795. The van der Waals surface area contributed by atoms with Crippen molar-refractivity contribution in [1.29, 1.82) is 0 Å². The first kappa shape index (κ1) is 16.0. The number of aryl methyl sites for hydroxylation is 1. The van der Waals surface area contributed by atoms with Gasteiger partial charge in [0.2, 0.25) is 0 Å². The van der Waals surface area contributed by atoms with E-state index in [2.05, 4.69) is 31.3 Å². The maximum absolute atomic E-state index is 9.48. The first-order chi connectivity index (χ1) is 8.95. The average molecular weight is 265 g/mol. The van der Waals surface area contributed by atoms with Crippen LogP contribution in [-0.2, 0) is 0 Å². The molecule has 3 unspecified atom stereocenters. The average Bonchev–Trinajstić information content (AvgIpc) is 2.37. The molecule has 108 valence electrons. The van der Waals surface area contributed by atoms with Crippen LogP contribution < -0.4 is 10.1 Å². The van der Waals surface area contributed by atoms with Gasteiger partial charge in [-0.1, -0.05) is 19.1 Å². The van der Waals surface area contributed by atoms with Crippen LogP contribution in [0.15, 0.2) is 18.2 Å². The largest absolute Gasteiger partial charge is 0.488 e. The summed E-state index contributed by atoms with van der Waals surface area (Å²) in [5, 5.41) is 13.0. The Kier molecular flexibility index (Phi) is 6.32. The highest BCUT2D eigenvalue weighted by Crippen LogP contribution is 2.24. The maximum atomic E-state index is 9.48. The van der Waals surface area contributed by atoms with Gasteiger partial charge in [-0.25, -0.2) is 0 Å². The molecule has 0 fully saturated rings. The van der Waals surface area contributed by atoms with Gasteiger partial charge < -0.3 is 15.2 Å². The van der Waals surface area contributed by atoms with Crippen LogP contribution in [0.3, 0.4) is 0 Å². The molecule has 0 saturated carbocycles. The number of benzene rings is 1. The molecule has 3 atom stereocenters. The normalized spacial score (nSPS) is 15.9. The number of rotatable bonds is 7. The fraction of sp³-hybridized carbons (Fsp3) is 0.625. The van der Waals surface area contributed by atoms with E-state index in [1.165, 1.54) is 5.56 Å². The van der Waals surface area contributed by atoms with Gasteiger partial charge in [0.1, 0.15) is 11.9 Å². The molecule has 3 nitrogen and oxygen atoms in total. The molecule has 0 aliphatic rings. The van der Waals surface area contributed by atoms with E-state index in [0.29, 0.717) is 6.04 Å². The van der Waals surface area contributed by atoms with Gasteiger partial charge in [0.25, 0.3) is 0 Å². The minimum atomic E-state index is -0.468. The van der Waals surface area contributed by atoms with E-state index < -0.39 is 6.10 Å². The molecular formula is C16H27NO2. The minimum absolute atomic E-state index is 0.194. The van der Waals surface area contributed by atoms with Crippen molar-refractivity contribution in [1.82, 2.24) is 5.32 Å². The molecule has 0 aliphatic heterocycles. The monoisotopic (exact) mass is 265 g/mol. The van der Waals surface area contributed by atoms with Gasteiger partial charge >= 0.3 is 0 Å². The summed E-state index contributed by atoms with van der Waals surface area (Å²) in [6.07, 6.45) is 0.473. The summed E-state index contributed by atoms with van der Waals surface area (Å²) in [5.41, 5.74) is 2.37. The number of hydrogen-bond donors (Lipinski definition) is 2. The van der Waals surface area contributed by atoms with Crippen LogP contribution in [0.25, 0.3) is 0 Å². The summed E-state index contributed by atoms with van der Waals surface area (Å²) >= 11 is 0. The molecular weight excluding hydrogens is 238 g/mol. The summed E-state index contributed by atoms with van der Waals surface area (Å²) in [7, 11) is 0. The van der Waals surface area contributed by atoms with Gasteiger partial charge in [-0.2, -0.15) is 0 Å². The van der Waals surface area contributed by atoms with E-state index in [1.54, 1.807) is 6.92 Å². The minimum Gasteiger partial charge on any atom is -0.488 e. The summed E-state index contributed by atoms with van der Waals surface area (Å²) in [4.78, 5) is 0. The summed E-state index contributed by atoms with van der Waals surface area (Å²) < 4.78 is 5.75. The summed E-state index contributed by atoms with van der Waals surface area (Å²) in [6, 6.07) is 6.58. The molecule has 0 spiro atoms. The highest BCUT2D eigenvalue weighted by Gasteiger charge is 2.13. The smallest absolute Gasteiger partial charge is 0.122 e. The van der Waals surface area contributed by atoms with Gasteiger partial charge in [-0.3, -0.25) is 0 Å². The van der Waals surface area contributed by atoms with Crippen molar-refractivity contribution in [3.05, 3.63) is 29.3 Å². The number of aliphatic hydroxyl groups excluding tert-OH is 1. The summed E-state index contributed by atoms with van der Waals surface area (Å²) in [6.45, 7) is 11.0. The third-order valence-corrected chi connectivity index (χ3v) is 3.39. The van der Waals surface area contributed by atoms with Crippen LogP contribution in [0.5, 0.6) is 5.75 Å². The predicted molar refractivity (Wildman–Crippen MR) is 79.7 cm³/mol. The van der Waals surface area contributed by atoms with Crippen LogP contribution >= 0.6 is 0 Å². The van der Waals surface area contributed by atoms with E-state index in [-0.39, 0.29) is 6.10 Å². The second kappa shape index (κ2) is 7.51. The van der Waals surface area contributed by atoms with Gasteiger partial charge in [0, 0.05) is 6.04 Å². The zero-order valence-corrected chi connectivity index (χ0v) is 12.7. The Balaban J connectivity index is 2.74. The van der Waals surface area contributed by atoms with Crippen LogP contribution in [0, 0.1) is 6.92 Å². The lowest BCUT2D eigenvalue weighted by atomic mass is 10.0. The Morgan fingerprint density at radius 1 is 1.26 bits per heavy atom. The highest BCUT2D eigenvalue weighted by molar-refractivity contribution is 5.37. The van der Waals surface area contributed by atoms with Gasteiger partial charge in [-0.05, 0) is 57.9 Å². The molecule has 0 saturated heterocycles. The second-order valence-electron chi connectivity index (χ2n) is 5.26. The zero-order valence-electron chi connectivity index (χ0n) is 12.7. The molecule has 0 amide bonds. The zero-order chi connectivity index (χ0) is 14.4. The van der Waals surface area contributed by atoms with Crippen LogP contribution in [0.4, 0.5) is 0 Å². The lowest BCUT2D eigenvalue weighted by Gasteiger charge is -2.20. The molecule has 3 heteroatoms. The third-order valence-electron chi connectivity index (χ3n) is 3.39. The topological polar surface area (TPSA) is 41.5 Å². The van der Waals surface area contributed by atoms with Crippen molar-refractivity contribution >= 4 is 0 Å². The molecule has 2 N–H and O–H groups in total. The molecule has 0 heterocycles. The Hall–Kier alpha value is -1.06. The Morgan fingerprint density at radius 3 is 2.47 bits per heavy atom. The van der Waals surface area contributed by atoms with Crippen LogP contribution in [0.1, 0.15) is 51.3 Å². The summed E-state index contributed by atoms with van der Waals surface area (Å²) in [5.74, 6) is 0.847. The fourth-order valence-electron chi connectivity index (χ4n) is 1.85. The lowest BCUT2D eigenvalue weighted by Crippen LogP contribution is -2.26. The van der Waals surface area contributed by atoms with Crippen molar-refractivity contribution in [2.75, 3.05) is 6.54 Å². The lowest BCUT2D eigenvalue weighted by molar-refractivity contribution is 0.0600. The predicted octanol–water partition coefficient (Wildman–Crippen LogP) is 3.20. The van der Waals surface area contributed by atoms with E-state index in [1.807, 2.05) is 19.9 Å². The van der Waals surface area contributed by atoms with Gasteiger partial charge in [0.15, 0.2) is 0 Å². The van der Waals surface area contributed by atoms with E-state index >= 15 is 0 Å². The van der Waals surface area contributed by atoms with E-state index in [0.717, 1.165) is 24.3 Å². The van der Waals surface area contributed by atoms with Crippen molar-refractivity contribution in [2.45, 2.75) is 59.3 Å². The molecule has 0 aromatic heterocycles. The number of hydrogen-bond acceptors (Lipinski definition) is 3. The standard InChI is InChI=1S/C16H27NO2/c1-6-9-17-12(3)15-7-8-16(11(2)10-15)19-14(5)13(4)18/h7-8,10,12-14,17-18H,6,9H2,1-5H3. The number of ether oxygens (including phenoxy) is 1. The molecule has 0 bridgehead atoms. The van der Waals surface area contributed by atoms with Crippen molar-refractivity contribution < 1.29 is 9.84 Å². The fourth-order valence-corrected chi connectivity index (χ4v) is 1.85. The number of aliphatic hydroxyl groups is 1. The second-order valence-corrected chi connectivity index (χ2v) is 5.26. The van der Waals surface area contributed by atoms with Gasteiger partial charge in [0.05, 0.1) is 6.10 Å². The molecule has 19 heavy (non-hydrogen) atoms. The maximum Gasteiger partial charge on any atom is 0.122 e. The molecule has 1 aromatic carbocycles. The molecule has 0 aliphatic carbocycles. The molecule has 1 aromatic rings. The first-order valence-electron chi connectivity index (χ1n) is 7.14. The van der Waals surface area contributed by atoms with E-state index in [4.69, 9.17) is 4.74 Å². The van der Waals surface area contributed by atoms with Crippen molar-refractivity contribution in [3.8, 4) is 5.75 Å². The van der Waals surface area contributed by atoms with Crippen molar-refractivity contribution in [2.24, 2.45) is 0 Å². The third kappa shape index (κ3) is 4.84. The molecule has 1 rings (SSSR count). The number of nitrogens with one attached hydrogen (secondary N) is 1. The van der Waals surface area contributed by atoms with Crippen LogP contribution in [-0.4, -0.2) is 23.9 Å². The first-order valence-corrected chi connectivity index (χ1v) is 7.14. The SMILES string of the molecule is CCCNC(C)c1ccc(OC(C)C(C)O)c(C)c1. The molecule has 0 radical (unpaired) electrons.